The monoisotopic (exact) mass is 298 g/mol. The third kappa shape index (κ3) is 2.35. The number of halogens is 1. The summed E-state index contributed by atoms with van der Waals surface area (Å²) in [4.78, 5) is 27.3. The Bertz CT molecular complexity index is 718. The molecule has 1 aliphatic rings. The Balaban J connectivity index is 2.09. The molecule has 2 aromatic carbocycles. The van der Waals surface area contributed by atoms with E-state index in [1.54, 1.807) is 48.5 Å². The van der Waals surface area contributed by atoms with Crippen molar-refractivity contribution >= 4 is 23.2 Å². The second kappa shape index (κ2) is 5.60. The van der Waals surface area contributed by atoms with Gasteiger partial charge in [-0.15, -0.1) is 0 Å². The van der Waals surface area contributed by atoms with Gasteiger partial charge in [-0.05, 0) is 24.3 Å². The zero-order chi connectivity index (χ0) is 15.7. The van der Waals surface area contributed by atoms with Gasteiger partial charge in [0, 0.05) is 12.6 Å². The van der Waals surface area contributed by atoms with Crippen molar-refractivity contribution in [1.29, 1.82) is 0 Å². The first-order valence-electron chi connectivity index (χ1n) is 6.97. The molecule has 4 nitrogen and oxygen atoms in total. The Morgan fingerprint density at radius 1 is 1.05 bits per heavy atom. The smallest absolute Gasteiger partial charge is 0.263 e. The zero-order valence-corrected chi connectivity index (χ0v) is 12.1. The van der Waals surface area contributed by atoms with Gasteiger partial charge in [0.15, 0.2) is 6.17 Å². The molecule has 22 heavy (non-hydrogen) atoms. The molecule has 0 aromatic heterocycles. The molecule has 0 saturated carbocycles. The summed E-state index contributed by atoms with van der Waals surface area (Å²) in [5, 5.41) is 0. The maximum absolute atomic E-state index is 14.2. The average molecular weight is 298 g/mol. The number of alkyl halides is 1. The van der Waals surface area contributed by atoms with Crippen LogP contribution in [0.15, 0.2) is 54.6 Å². The van der Waals surface area contributed by atoms with E-state index in [0.717, 1.165) is 0 Å². The highest BCUT2D eigenvalue weighted by atomic mass is 19.1. The molecule has 5 heteroatoms. The van der Waals surface area contributed by atoms with Crippen LogP contribution in [0.3, 0.4) is 0 Å². The number of nitrogens with zero attached hydrogens (tertiary/aromatic N) is 2. The van der Waals surface area contributed by atoms with Gasteiger partial charge >= 0.3 is 0 Å². The number of hydrogen-bond donors (Lipinski definition) is 0. The first-order chi connectivity index (χ1) is 10.6. The molecule has 2 amide bonds. The fraction of sp³-hybridized carbons (Fsp3) is 0.176. The van der Waals surface area contributed by atoms with E-state index in [2.05, 4.69) is 0 Å². The van der Waals surface area contributed by atoms with Crippen LogP contribution in [-0.4, -0.2) is 31.6 Å². The summed E-state index contributed by atoms with van der Waals surface area (Å²) in [5.74, 6) is -0.963. The molecular formula is C17H15FN2O2. The van der Waals surface area contributed by atoms with E-state index < -0.39 is 12.1 Å². The van der Waals surface area contributed by atoms with Gasteiger partial charge in [-0.2, -0.15) is 0 Å². The molecule has 1 aliphatic heterocycles. The van der Waals surface area contributed by atoms with Gasteiger partial charge in [0.05, 0.1) is 17.9 Å². The predicted octanol–water partition coefficient (Wildman–Crippen LogP) is 2.65. The quantitative estimate of drug-likeness (QED) is 0.812. The second-order valence-corrected chi connectivity index (χ2v) is 5.14. The fourth-order valence-electron chi connectivity index (χ4n) is 2.57. The van der Waals surface area contributed by atoms with Crippen LogP contribution in [0.5, 0.6) is 0 Å². The summed E-state index contributed by atoms with van der Waals surface area (Å²) in [6.45, 7) is -0.284. The molecule has 1 atom stereocenters. The topological polar surface area (TPSA) is 40.6 Å². The second-order valence-electron chi connectivity index (χ2n) is 5.14. The number of carbonyl (C=O) groups excluding carboxylic acids is 2. The van der Waals surface area contributed by atoms with Gasteiger partial charge in [-0.1, -0.05) is 30.3 Å². The molecule has 0 aliphatic carbocycles. The van der Waals surface area contributed by atoms with Crippen molar-refractivity contribution in [2.24, 2.45) is 0 Å². The van der Waals surface area contributed by atoms with Gasteiger partial charge in [0.25, 0.3) is 11.8 Å². The molecule has 1 heterocycles. The maximum Gasteiger partial charge on any atom is 0.263 e. The third-order valence-electron chi connectivity index (χ3n) is 3.74. The number of rotatable bonds is 1. The van der Waals surface area contributed by atoms with Gasteiger partial charge in [0.1, 0.15) is 0 Å². The van der Waals surface area contributed by atoms with Gasteiger partial charge in [-0.3, -0.25) is 9.59 Å². The Morgan fingerprint density at radius 3 is 2.32 bits per heavy atom. The predicted molar refractivity (Wildman–Crippen MR) is 82.9 cm³/mol. The maximum atomic E-state index is 14.2. The van der Waals surface area contributed by atoms with Crippen LogP contribution in [-0.2, 0) is 4.79 Å². The highest BCUT2D eigenvalue weighted by Crippen LogP contribution is 2.33. The summed E-state index contributed by atoms with van der Waals surface area (Å²) < 4.78 is 14.2. The van der Waals surface area contributed by atoms with Crippen molar-refractivity contribution in [3.63, 3.8) is 0 Å². The molecule has 0 bridgehead atoms. The molecule has 3 rings (SSSR count). The summed E-state index contributed by atoms with van der Waals surface area (Å²) >= 11 is 0. The summed E-state index contributed by atoms with van der Waals surface area (Å²) in [5.41, 5.74) is 1.52. The number of para-hydroxylation sites is 2. The van der Waals surface area contributed by atoms with E-state index in [9.17, 15) is 14.0 Å². The molecule has 0 N–H and O–H groups in total. The van der Waals surface area contributed by atoms with E-state index in [4.69, 9.17) is 0 Å². The Kier molecular flexibility index (Phi) is 3.63. The van der Waals surface area contributed by atoms with Crippen LogP contribution in [0, 0.1) is 0 Å². The SMILES string of the molecule is CN1C(=O)[C@@H](F)CN(C(=O)c2ccccc2)c2ccccc21. The van der Waals surface area contributed by atoms with Crippen LogP contribution >= 0.6 is 0 Å². The fourth-order valence-corrected chi connectivity index (χ4v) is 2.57. The molecule has 0 unspecified atom stereocenters. The zero-order valence-electron chi connectivity index (χ0n) is 12.1. The number of hydrogen-bond acceptors (Lipinski definition) is 2. The minimum absolute atomic E-state index is 0.284. The van der Waals surface area contributed by atoms with Crippen LogP contribution in [0.25, 0.3) is 0 Å². The average Bonchev–Trinajstić information content (AvgIpc) is 2.66. The van der Waals surface area contributed by atoms with Gasteiger partial charge < -0.3 is 9.80 Å². The third-order valence-corrected chi connectivity index (χ3v) is 3.74. The summed E-state index contributed by atoms with van der Waals surface area (Å²) in [6, 6.07) is 15.6. The Labute approximate surface area is 127 Å². The minimum atomic E-state index is -1.75. The highest BCUT2D eigenvalue weighted by Gasteiger charge is 2.34. The molecule has 0 spiro atoms. The molecule has 0 saturated heterocycles. The number of carbonyl (C=O) groups is 2. The Morgan fingerprint density at radius 2 is 1.64 bits per heavy atom. The van der Waals surface area contributed by atoms with Crippen molar-refractivity contribution in [2.75, 3.05) is 23.4 Å². The number of benzene rings is 2. The van der Waals surface area contributed by atoms with Crippen molar-refractivity contribution in [2.45, 2.75) is 6.17 Å². The molecule has 0 radical (unpaired) electrons. The highest BCUT2D eigenvalue weighted by molar-refractivity contribution is 6.11. The van der Waals surface area contributed by atoms with E-state index in [1.807, 2.05) is 6.07 Å². The van der Waals surface area contributed by atoms with Gasteiger partial charge in [-0.25, -0.2) is 4.39 Å². The molecule has 112 valence electrons. The van der Waals surface area contributed by atoms with Crippen molar-refractivity contribution < 1.29 is 14.0 Å². The van der Waals surface area contributed by atoms with Gasteiger partial charge in [0.2, 0.25) is 0 Å². The molecule has 2 aromatic rings. The first kappa shape index (κ1) is 14.3. The Hall–Kier alpha value is -2.69. The number of anilines is 2. The minimum Gasteiger partial charge on any atom is -0.311 e. The summed E-state index contributed by atoms with van der Waals surface area (Å²) in [7, 11) is 1.52. The van der Waals surface area contributed by atoms with Crippen LogP contribution in [0.1, 0.15) is 10.4 Å². The van der Waals surface area contributed by atoms with Crippen LogP contribution < -0.4 is 9.80 Å². The summed E-state index contributed by atoms with van der Waals surface area (Å²) in [6.07, 6.45) is -1.75. The lowest BCUT2D eigenvalue weighted by Gasteiger charge is -2.23. The lowest BCUT2D eigenvalue weighted by Crippen LogP contribution is -2.39. The molecular weight excluding hydrogens is 283 g/mol. The van der Waals surface area contributed by atoms with E-state index >= 15 is 0 Å². The van der Waals surface area contributed by atoms with Crippen LogP contribution in [0.4, 0.5) is 15.8 Å². The lowest BCUT2D eigenvalue weighted by atomic mass is 10.1. The number of fused-ring (bicyclic) bond motifs is 1. The largest absolute Gasteiger partial charge is 0.311 e. The number of amides is 2. The lowest BCUT2D eigenvalue weighted by molar-refractivity contribution is -0.122. The molecule has 0 fully saturated rings. The standard InChI is InChI=1S/C17H15FN2O2/c1-19-14-9-5-6-10-15(14)20(11-13(18)17(19)22)16(21)12-7-3-2-4-8-12/h2-10,13H,11H2,1H3/t13-/m0/s1. The van der Waals surface area contributed by atoms with E-state index in [-0.39, 0.29) is 12.5 Å². The normalized spacial score (nSPS) is 17.9. The van der Waals surface area contributed by atoms with E-state index in [1.165, 1.54) is 16.8 Å². The first-order valence-corrected chi connectivity index (χ1v) is 6.97. The van der Waals surface area contributed by atoms with Crippen LogP contribution in [0.2, 0.25) is 0 Å². The van der Waals surface area contributed by atoms with E-state index in [0.29, 0.717) is 16.9 Å². The van der Waals surface area contributed by atoms with Crippen molar-refractivity contribution in [1.82, 2.24) is 0 Å². The van der Waals surface area contributed by atoms with Crippen molar-refractivity contribution in [3.8, 4) is 0 Å². The van der Waals surface area contributed by atoms with Crippen molar-refractivity contribution in [3.05, 3.63) is 60.2 Å².